The molecule has 188 valence electrons. The van der Waals surface area contributed by atoms with Crippen LogP contribution in [-0.4, -0.2) is 53.5 Å². The molecule has 2 bridgehead atoms. The summed E-state index contributed by atoms with van der Waals surface area (Å²) in [5.74, 6) is 0.551. The Kier molecular flexibility index (Phi) is 5.99. The number of carbonyl (C=O) groups is 1. The number of anilines is 3. The number of allylic oxidation sites excluding steroid dienone is 2. The number of rotatable bonds is 9. The molecule has 4 aliphatic rings. The maximum Gasteiger partial charge on any atom is 0.229 e. The Morgan fingerprint density at radius 2 is 2.00 bits per heavy atom. The van der Waals surface area contributed by atoms with E-state index in [2.05, 4.69) is 81.4 Å². The first-order valence-electron chi connectivity index (χ1n) is 13.0. The van der Waals surface area contributed by atoms with Crippen LogP contribution in [0.2, 0.25) is 0 Å². The van der Waals surface area contributed by atoms with Crippen LogP contribution in [0.5, 0.6) is 0 Å². The number of aromatic nitrogens is 2. The van der Waals surface area contributed by atoms with Crippen LogP contribution in [0.15, 0.2) is 42.6 Å². The molecule has 1 aromatic carbocycles. The van der Waals surface area contributed by atoms with Gasteiger partial charge in [-0.15, -0.1) is 0 Å². The van der Waals surface area contributed by atoms with Crippen LogP contribution in [0.25, 0.3) is 6.08 Å². The van der Waals surface area contributed by atoms with Gasteiger partial charge in [0.15, 0.2) is 11.6 Å². The van der Waals surface area contributed by atoms with Crippen molar-refractivity contribution in [1.82, 2.24) is 20.2 Å². The highest BCUT2D eigenvalue weighted by molar-refractivity contribution is 5.82. The predicted molar refractivity (Wildman–Crippen MR) is 139 cm³/mol. The SMILES string of the molecule is CN(C)CCC1C=Cc2ccc(Nc3ncc(F)c(NC4C5C=CC(C5)C4C(=O)NC4CC4)n3)cc21. The van der Waals surface area contributed by atoms with Crippen LogP contribution < -0.4 is 16.0 Å². The first kappa shape index (κ1) is 23.2. The van der Waals surface area contributed by atoms with Crippen molar-refractivity contribution in [3.63, 3.8) is 0 Å². The van der Waals surface area contributed by atoms with Gasteiger partial charge in [-0.2, -0.15) is 4.98 Å². The molecule has 4 aliphatic carbocycles. The standard InChI is InChI=1S/C28H33FN6O/c1-35(2)12-11-17-4-3-16-7-8-21(14-22(16)17)32-28-30-15-23(29)26(34-28)33-25-19-6-5-18(13-19)24(25)27(36)31-20-9-10-20/h3-8,14-15,17-20,24-25H,9-13H2,1-2H3,(H,31,36)(H2,30,32,33,34). The monoisotopic (exact) mass is 488 g/mol. The number of benzene rings is 1. The topological polar surface area (TPSA) is 82.2 Å². The first-order valence-corrected chi connectivity index (χ1v) is 13.0. The van der Waals surface area contributed by atoms with Gasteiger partial charge in [-0.1, -0.05) is 30.4 Å². The fourth-order valence-corrected chi connectivity index (χ4v) is 5.81. The summed E-state index contributed by atoms with van der Waals surface area (Å²) in [4.78, 5) is 23.8. The van der Waals surface area contributed by atoms with Gasteiger partial charge in [-0.3, -0.25) is 4.79 Å². The first-order chi connectivity index (χ1) is 17.4. The Hall–Kier alpha value is -3.26. The van der Waals surface area contributed by atoms with Gasteiger partial charge in [0, 0.05) is 23.7 Å². The van der Waals surface area contributed by atoms with Crippen LogP contribution in [0.4, 0.5) is 21.8 Å². The number of halogens is 1. The molecule has 0 spiro atoms. The molecular formula is C28H33FN6O. The van der Waals surface area contributed by atoms with E-state index in [0.29, 0.717) is 17.9 Å². The lowest BCUT2D eigenvalue weighted by molar-refractivity contribution is -0.126. The quantitative estimate of drug-likeness (QED) is 0.457. The summed E-state index contributed by atoms with van der Waals surface area (Å²) in [5, 5.41) is 9.66. The van der Waals surface area contributed by atoms with E-state index < -0.39 is 5.82 Å². The Balaban J connectivity index is 1.18. The molecule has 8 heteroatoms. The summed E-state index contributed by atoms with van der Waals surface area (Å²) in [6, 6.07) is 6.35. The van der Waals surface area contributed by atoms with E-state index in [1.807, 2.05) is 6.07 Å². The molecule has 5 atom stereocenters. The molecule has 2 fully saturated rings. The van der Waals surface area contributed by atoms with Gasteiger partial charge in [0.25, 0.3) is 0 Å². The third kappa shape index (κ3) is 4.62. The summed E-state index contributed by atoms with van der Waals surface area (Å²) in [6.07, 6.45) is 14.0. The van der Waals surface area contributed by atoms with Gasteiger partial charge in [0.2, 0.25) is 11.9 Å². The summed E-state index contributed by atoms with van der Waals surface area (Å²) < 4.78 is 14.8. The zero-order valence-electron chi connectivity index (χ0n) is 20.7. The smallest absolute Gasteiger partial charge is 0.229 e. The van der Waals surface area contributed by atoms with E-state index in [4.69, 9.17) is 0 Å². The zero-order valence-corrected chi connectivity index (χ0v) is 20.7. The van der Waals surface area contributed by atoms with E-state index >= 15 is 0 Å². The Bertz CT molecular complexity index is 1220. The number of hydrogen-bond donors (Lipinski definition) is 3. The third-order valence-corrected chi connectivity index (χ3v) is 7.87. The largest absolute Gasteiger partial charge is 0.363 e. The molecule has 0 saturated heterocycles. The number of amides is 1. The third-order valence-electron chi connectivity index (χ3n) is 7.87. The van der Waals surface area contributed by atoms with Crippen LogP contribution >= 0.6 is 0 Å². The Morgan fingerprint density at radius 1 is 1.17 bits per heavy atom. The normalized spacial score (nSPS) is 27.5. The van der Waals surface area contributed by atoms with Crippen molar-refractivity contribution in [2.24, 2.45) is 17.8 Å². The molecular weight excluding hydrogens is 455 g/mol. The number of hydrogen-bond acceptors (Lipinski definition) is 6. The number of fused-ring (bicyclic) bond motifs is 3. The molecule has 6 rings (SSSR count). The minimum absolute atomic E-state index is 0.0650. The van der Waals surface area contributed by atoms with E-state index in [0.717, 1.165) is 37.9 Å². The molecule has 0 aliphatic heterocycles. The van der Waals surface area contributed by atoms with E-state index in [9.17, 15) is 9.18 Å². The molecule has 5 unspecified atom stereocenters. The van der Waals surface area contributed by atoms with Gasteiger partial charge in [0.1, 0.15) is 0 Å². The number of nitrogens with one attached hydrogen (secondary N) is 3. The van der Waals surface area contributed by atoms with Gasteiger partial charge >= 0.3 is 0 Å². The van der Waals surface area contributed by atoms with Crippen molar-refractivity contribution < 1.29 is 9.18 Å². The average molecular weight is 489 g/mol. The molecule has 1 heterocycles. The van der Waals surface area contributed by atoms with Gasteiger partial charge in [-0.25, -0.2) is 9.37 Å². The van der Waals surface area contributed by atoms with Crippen molar-refractivity contribution in [3.05, 3.63) is 59.6 Å². The van der Waals surface area contributed by atoms with E-state index in [-0.39, 0.29) is 35.5 Å². The van der Waals surface area contributed by atoms with Gasteiger partial charge in [0.05, 0.1) is 12.1 Å². The van der Waals surface area contributed by atoms with Crippen molar-refractivity contribution in [3.8, 4) is 0 Å². The maximum absolute atomic E-state index is 14.8. The molecule has 1 aromatic heterocycles. The highest BCUT2D eigenvalue weighted by atomic mass is 19.1. The highest BCUT2D eigenvalue weighted by Gasteiger charge is 2.49. The van der Waals surface area contributed by atoms with Crippen molar-refractivity contribution in [2.75, 3.05) is 31.3 Å². The zero-order chi connectivity index (χ0) is 24.8. The lowest BCUT2D eigenvalue weighted by Crippen LogP contribution is -2.44. The van der Waals surface area contributed by atoms with Crippen molar-refractivity contribution >= 4 is 29.4 Å². The summed E-state index contributed by atoms with van der Waals surface area (Å²) in [5.41, 5.74) is 3.38. The van der Waals surface area contributed by atoms with E-state index in [1.165, 1.54) is 17.3 Å². The summed E-state index contributed by atoms with van der Waals surface area (Å²) >= 11 is 0. The molecule has 36 heavy (non-hydrogen) atoms. The summed E-state index contributed by atoms with van der Waals surface area (Å²) in [6.45, 7) is 1.01. The van der Waals surface area contributed by atoms with Crippen LogP contribution in [-0.2, 0) is 4.79 Å². The number of nitrogens with zero attached hydrogens (tertiary/aromatic N) is 3. The fourth-order valence-electron chi connectivity index (χ4n) is 5.81. The second kappa shape index (κ2) is 9.32. The van der Waals surface area contributed by atoms with Crippen molar-refractivity contribution in [1.29, 1.82) is 0 Å². The summed E-state index contributed by atoms with van der Waals surface area (Å²) in [7, 11) is 4.17. The molecule has 1 amide bonds. The lowest BCUT2D eigenvalue weighted by Gasteiger charge is -2.28. The highest BCUT2D eigenvalue weighted by Crippen LogP contribution is 2.45. The molecule has 2 saturated carbocycles. The Labute approximate surface area is 211 Å². The average Bonchev–Trinajstić information content (AvgIpc) is 3.25. The Morgan fingerprint density at radius 3 is 2.81 bits per heavy atom. The molecule has 0 radical (unpaired) electrons. The predicted octanol–water partition coefficient (Wildman–Crippen LogP) is 4.30. The van der Waals surface area contributed by atoms with Gasteiger partial charge in [-0.05, 0) is 81.4 Å². The van der Waals surface area contributed by atoms with Gasteiger partial charge < -0.3 is 20.9 Å². The second-order valence-corrected chi connectivity index (χ2v) is 10.8. The van der Waals surface area contributed by atoms with Crippen LogP contribution in [0.1, 0.15) is 42.7 Å². The molecule has 7 nitrogen and oxygen atoms in total. The van der Waals surface area contributed by atoms with Crippen molar-refractivity contribution in [2.45, 2.75) is 43.7 Å². The fraction of sp³-hybridized carbons (Fsp3) is 0.464. The molecule has 3 N–H and O–H groups in total. The lowest BCUT2D eigenvalue weighted by atomic mass is 9.88. The second-order valence-electron chi connectivity index (χ2n) is 10.8. The molecule has 2 aromatic rings. The minimum atomic E-state index is -0.518. The van der Waals surface area contributed by atoms with Crippen LogP contribution in [0.3, 0.4) is 0 Å². The number of carbonyl (C=O) groups excluding carboxylic acids is 1. The maximum atomic E-state index is 14.8. The van der Waals surface area contributed by atoms with E-state index in [1.54, 1.807) is 0 Å². The minimum Gasteiger partial charge on any atom is -0.363 e. The van der Waals surface area contributed by atoms with Crippen LogP contribution in [0, 0.1) is 23.6 Å².